The first-order chi connectivity index (χ1) is 6.11. The van der Waals surface area contributed by atoms with Gasteiger partial charge in [0.25, 0.3) is 0 Å². The fourth-order valence-electron chi connectivity index (χ4n) is 1.67. The van der Waals surface area contributed by atoms with Crippen LogP contribution in [0.15, 0.2) is 4.99 Å². The van der Waals surface area contributed by atoms with Gasteiger partial charge >= 0.3 is 0 Å². The van der Waals surface area contributed by atoms with Crippen molar-refractivity contribution in [2.45, 2.75) is 19.8 Å². The first kappa shape index (κ1) is 12.1. The van der Waals surface area contributed by atoms with Crippen molar-refractivity contribution in [2.75, 3.05) is 33.7 Å². The minimum Gasteiger partial charge on any atom is -0.344 e. The number of nitrogens with zero attached hydrogens (tertiary/aromatic N) is 3. The van der Waals surface area contributed by atoms with E-state index in [-0.39, 0.29) is 24.0 Å². The maximum absolute atomic E-state index is 4.69. The molecule has 1 heterocycles. The molecule has 0 amide bonds. The summed E-state index contributed by atoms with van der Waals surface area (Å²) in [5.41, 5.74) is 0.539. The lowest BCUT2D eigenvalue weighted by Gasteiger charge is -2.16. The van der Waals surface area contributed by atoms with Crippen LogP contribution in [0.2, 0.25) is 0 Å². The summed E-state index contributed by atoms with van der Waals surface area (Å²) in [6, 6.07) is 0. The third-order valence-electron chi connectivity index (χ3n) is 3.16. The molecule has 1 saturated carbocycles. The summed E-state index contributed by atoms with van der Waals surface area (Å²) >= 11 is 0. The Morgan fingerprint density at radius 3 is 2.14 bits per heavy atom. The monoisotopic (exact) mass is 309 g/mol. The average molecular weight is 309 g/mol. The van der Waals surface area contributed by atoms with E-state index in [9.17, 15) is 0 Å². The maximum atomic E-state index is 4.69. The van der Waals surface area contributed by atoms with Crippen molar-refractivity contribution in [3.05, 3.63) is 0 Å². The lowest BCUT2D eigenvalue weighted by Crippen LogP contribution is -2.29. The van der Waals surface area contributed by atoms with E-state index >= 15 is 0 Å². The van der Waals surface area contributed by atoms with Gasteiger partial charge in [0.1, 0.15) is 0 Å². The fourth-order valence-corrected chi connectivity index (χ4v) is 1.67. The van der Waals surface area contributed by atoms with E-state index in [1.165, 1.54) is 18.8 Å². The topological polar surface area (TPSA) is 18.8 Å². The summed E-state index contributed by atoms with van der Waals surface area (Å²) in [5, 5.41) is 0. The molecule has 3 nitrogen and oxygen atoms in total. The predicted octanol–water partition coefficient (Wildman–Crippen LogP) is 1.64. The highest BCUT2D eigenvalue weighted by molar-refractivity contribution is 14.0. The van der Waals surface area contributed by atoms with Gasteiger partial charge in [-0.1, -0.05) is 6.92 Å². The van der Waals surface area contributed by atoms with Gasteiger partial charge in [0.05, 0.1) is 0 Å². The summed E-state index contributed by atoms with van der Waals surface area (Å²) in [6.07, 6.45) is 2.72. The van der Waals surface area contributed by atoms with Crippen molar-refractivity contribution in [3.8, 4) is 0 Å². The molecule has 1 saturated heterocycles. The predicted molar refractivity (Wildman–Crippen MR) is 70.3 cm³/mol. The number of aliphatic imine (C=N–C) groups is 1. The zero-order valence-electron chi connectivity index (χ0n) is 9.29. The van der Waals surface area contributed by atoms with Crippen LogP contribution in [0, 0.1) is 5.41 Å². The van der Waals surface area contributed by atoms with Crippen LogP contribution in [0.4, 0.5) is 0 Å². The van der Waals surface area contributed by atoms with Gasteiger partial charge in [-0.3, -0.25) is 4.99 Å². The molecule has 0 spiro atoms. The standard InChI is InChI=1S/C10H19N3.HI/c1-10(4-5-10)8-11-9-12(2)6-7-13(9)3;/h4-8H2,1-3H3;1H. The van der Waals surface area contributed by atoms with E-state index in [1.807, 2.05) is 0 Å². The van der Waals surface area contributed by atoms with E-state index in [2.05, 4.69) is 35.8 Å². The molecule has 82 valence electrons. The van der Waals surface area contributed by atoms with Crippen LogP contribution < -0.4 is 0 Å². The molecule has 0 unspecified atom stereocenters. The third kappa shape index (κ3) is 2.52. The minimum absolute atomic E-state index is 0. The Hall–Kier alpha value is 0. The number of likely N-dealkylation sites (N-methyl/N-ethyl adjacent to an activating group) is 2. The van der Waals surface area contributed by atoms with Crippen LogP contribution in [0.25, 0.3) is 0 Å². The molecule has 0 radical (unpaired) electrons. The van der Waals surface area contributed by atoms with Crippen molar-refractivity contribution in [1.29, 1.82) is 0 Å². The Morgan fingerprint density at radius 1 is 1.21 bits per heavy atom. The van der Waals surface area contributed by atoms with Gasteiger partial charge in [-0.15, -0.1) is 24.0 Å². The molecule has 14 heavy (non-hydrogen) atoms. The normalized spacial score (nSPS) is 23.5. The van der Waals surface area contributed by atoms with Crippen molar-refractivity contribution in [2.24, 2.45) is 10.4 Å². The molecule has 0 bridgehead atoms. The Labute approximate surface area is 104 Å². The van der Waals surface area contributed by atoms with Crippen LogP contribution in [0.3, 0.4) is 0 Å². The molecule has 0 aromatic rings. The fraction of sp³-hybridized carbons (Fsp3) is 0.900. The van der Waals surface area contributed by atoms with Gasteiger partial charge in [0, 0.05) is 33.7 Å². The molecule has 1 aliphatic carbocycles. The first-order valence-corrected chi connectivity index (χ1v) is 5.07. The van der Waals surface area contributed by atoms with E-state index in [1.54, 1.807) is 0 Å². The quantitative estimate of drug-likeness (QED) is 0.722. The van der Waals surface area contributed by atoms with Crippen molar-refractivity contribution < 1.29 is 0 Å². The lowest BCUT2D eigenvalue weighted by atomic mass is 10.1. The zero-order chi connectivity index (χ0) is 9.47. The molecule has 2 aliphatic rings. The molecule has 2 rings (SSSR count). The Kier molecular flexibility index (Phi) is 3.66. The maximum Gasteiger partial charge on any atom is 0.196 e. The van der Waals surface area contributed by atoms with Gasteiger partial charge in [-0.25, -0.2) is 0 Å². The summed E-state index contributed by atoms with van der Waals surface area (Å²) in [5.74, 6) is 1.17. The Morgan fingerprint density at radius 2 is 1.71 bits per heavy atom. The van der Waals surface area contributed by atoms with E-state index in [4.69, 9.17) is 0 Å². The van der Waals surface area contributed by atoms with Crippen molar-refractivity contribution in [1.82, 2.24) is 9.80 Å². The van der Waals surface area contributed by atoms with Crippen LogP contribution in [-0.2, 0) is 0 Å². The van der Waals surface area contributed by atoms with E-state index in [0.717, 1.165) is 19.6 Å². The molecule has 2 fully saturated rings. The Bertz CT molecular complexity index is 224. The first-order valence-electron chi connectivity index (χ1n) is 5.07. The molecular weight excluding hydrogens is 289 g/mol. The van der Waals surface area contributed by atoms with Gasteiger partial charge in [0.2, 0.25) is 0 Å². The number of hydrogen-bond acceptors (Lipinski definition) is 1. The zero-order valence-corrected chi connectivity index (χ0v) is 11.6. The SMILES string of the molecule is CN1CCN(C)C1=NCC1(C)CC1.I. The van der Waals surface area contributed by atoms with Crippen molar-refractivity contribution in [3.63, 3.8) is 0 Å². The number of guanidine groups is 1. The summed E-state index contributed by atoms with van der Waals surface area (Å²) in [7, 11) is 4.25. The van der Waals surface area contributed by atoms with Crippen LogP contribution >= 0.6 is 24.0 Å². The molecule has 0 aromatic carbocycles. The molecule has 1 aliphatic heterocycles. The highest BCUT2D eigenvalue weighted by Crippen LogP contribution is 2.45. The highest BCUT2D eigenvalue weighted by atomic mass is 127. The molecule has 0 N–H and O–H groups in total. The summed E-state index contributed by atoms with van der Waals surface area (Å²) in [4.78, 5) is 9.17. The highest BCUT2D eigenvalue weighted by Gasteiger charge is 2.37. The number of rotatable bonds is 2. The third-order valence-corrected chi connectivity index (χ3v) is 3.16. The van der Waals surface area contributed by atoms with Gasteiger partial charge in [-0.2, -0.15) is 0 Å². The van der Waals surface area contributed by atoms with Gasteiger partial charge < -0.3 is 9.80 Å². The van der Waals surface area contributed by atoms with Gasteiger partial charge in [-0.05, 0) is 18.3 Å². The molecule has 0 aromatic heterocycles. The van der Waals surface area contributed by atoms with Crippen molar-refractivity contribution >= 4 is 29.9 Å². The van der Waals surface area contributed by atoms with Crippen LogP contribution in [-0.4, -0.2) is 49.5 Å². The smallest absolute Gasteiger partial charge is 0.196 e. The second kappa shape index (κ2) is 4.24. The van der Waals surface area contributed by atoms with Crippen LogP contribution in [0.1, 0.15) is 19.8 Å². The number of halogens is 1. The molecule has 4 heteroatoms. The molecular formula is C10H20IN3. The summed E-state index contributed by atoms with van der Waals surface area (Å²) < 4.78 is 0. The minimum atomic E-state index is 0. The van der Waals surface area contributed by atoms with E-state index < -0.39 is 0 Å². The van der Waals surface area contributed by atoms with Crippen LogP contribution in [0.5, 0.6) is 0 Å². The lowest BCUT2D eigenvalue weighted by molar-refractivity contribution is 0.538. The second-order valence-electron chi connectivity index (χ2n) is 4.77. The van der Waals surface area contributed by atoms with Gasteiger partial charge in [0.15, 0.2) is 5.96 Å². The number of hydrogen-bond donors (Lipinski definition) is 0. The molecule has 0 atom stereocenters. The largest absolute Gasteiger partial charge is 0.344 e. The van der Waals surface area contributed by atoms with E-state index in [0.29, 0.717) is 5.41 Å². The second-order valence-corrected chi connectivity index (χ2v) is 4.77. The summed E-state index contributed by atoms with van der Waals surface area (Å²) in [6.45, 7) is 5.57. The average Bonchev–Trinajstić information content (AvgIpc) is 2.72. The Balaban J connectivity index is 0.000000980.